The Bertz CT molecular complexity index is 1170. The van der Waals surface area contributed by atoms with Crippen LogP contribution in [0.1, 0.15) is 5.56 Å². The number of hydrogen-bond acceptors (Lipinski definition) is 5. The summed E-state index contributed by atoms with van der Waals surface area (Å²) in [5.41, 5.74) is 1.95. The average molecular weight is 399 g/mol. The molecule has 2 aromatic carbocycles. The van der Waals surface area contributed by atoms with Gasteiger partial charge in [0, 0.05) is 36.0 Å². The number of nitrogens with zero attached hydrogens (tertiary/aromatic N) is 4. The summed E-state index contributed by atoms with van der Waals surface area (Å²) >= 11 is 0. The zero-order valence-electron chi connectivity index (χ0n) is 15.9. The van der Waals surface area contributed by atoms with E-state index in [0.717, 1.165) is 5.69 Å². The number of nitrogens with one attached hydrogen (secondary N) is 1. The van der Waals surface area contributed by atoms with Crippen molar-refractivity contribution in [3.8, 4) is 23.0 Å². The molecule has 0 saturated carbocycles. The molecule has 0 saturated heterocycles. The Balaban J connectivity index is 2.14. The van der Waals surface area contributed by atoms with Crippen molar-refractivity contribution in [1.29, 1.82) is 5.26 Å². The largest absolute Gasteiger partial charge is 0.348 e. The molecule has 3 aromatic rings. The number of nitro groups is 1. The first-order valence-corrected chi connectivity index (χ1v) is 8.94. The Morgan fingerprint density at radius 1 is 1.27 bits per heavy atom. The molecule has 0 spiro atoms. The maximum Gasteiger partial charge on any atom is 0.270 e. The molecule has 0 bridgehead atoms. The molecule has 1 N–H and O–H groups in total. The molecular weight excluding hydrogens is 382 g/mol. The van der Waals surface area contributed by atoms with E-state index < -0.39 is 10.8 Å². The van der Waals surface area contributed by atoms with Gasteiger partial charge in [0.05, 0.1) is 10.6 Å². The monoisotopic (exact) mass is 399 g/mol. The van der Waals surface area contributed by atoms with Crippen molar-refractivity contribution >= 4 is 17.7 Å². The zero-order valence-corrected chi connectivity index (χ0v) is 15.9. The zero-order chi connectivity index (χ0) is 21.5. The van der Waals surface area contributed by atoms with Crippen molar-refractivity contribution < 1.29 is 9.72 Å². The summed E-state index contributed by atoms with van der Waals surface area (Å²) in [4.78, 5) is 22.9. The maximum absolute atomic E-state index is 12.2. The lowest BCUT2D eigenvalue weighted by Crippen LogP contribution is -2.24. The van der Waals surface area contributed by atoms with Gasteiger partial charge in [0.2, 0.25) is 0 Å². The van der Waals surface area contributed by atoms with E-state index >= 15 is 0 Å². The summed E-state index contributed by atoms with van der Waals surface area (Å²) in [6.07, 6.45) is 4.59. The van der Waals surface area contributed by atoms with Gasteiger partial charge in [0.25, 0.3) is 11.6 Å². The predicted octanol–water partition coefficient (Wildman–Crippen LogP) is 3.66. The third-order valence-electron chi connectivity index (χ3n) is 4.17. The van der Waals surface area contributed by atoms with Crippen molar-refractivity contribution in [2.45, 2.75) is 0 Å². The third-order valence-corrected chi connectivity index (χ3v) is 4.17. The van der Waals surface area contributed by atoms with Crippen LogP contribution < -0.4 is 5.32 Å². The molecule has 3 rings (SSSR count). The van der Waals surface area contributed by atoms with Gasteiger partial charge >= 0.3 is 0 Å². The van der Waals surface area contributed by atoms with E-state index in [1.165, 1.54) is 24.3 Å². The van der Waals surface area contributed by atoms with Crippen molar-refractivity contribution in [2.75, 3.05) is 6.54 Å². The predicted molar refractivity (Wildman–Crippen MR) is 112 cm³/mol. The lowest BCUT2D eigenvalue weighted by Gasteiger charge is -2.02. The summed E-state index contributed by atoms with van der Waals surface area (Å²) < 4.78 is 1.59. The van der Waals surface area contributed by atoms with Gasteiger partial charge in [-0.3, -0.25) is 14.9 Å². The fourth-order valence-corrected chi connectivity index (χ4v) is 2.76. The Hall–Kier alpha value is -4.51. The normalized spacial score (nSPS) is 10.8. The van der Waals surface area contributed by atoms with Crippen LogP contribution in [0, 0.1) is 21.4 Å². The molecule has 0 radical (unpaired) electrons. The molecular formula is C22H17N5O3. The smallest absolute Gasteiger partial charge is 0.270 e. The number of benzene rings is 2. The fraction of sp³-hybridized carbons (Fsp3) is 0.0455. The minimum absolute atomic E-state index is 0.0825. The molecule has 0 atom stereocenters. The van der Waals surface area contributed by atoms with Crippen LogP contribution in [-0.2, 0) is 4.79 Å². The molecule has 1 aromatic heterocycles. The highest BCUT2D eigenvalue weighted by Crippen LogP contribution is 2.28. The molecule has 1 amide bonds. The van der Waals surface area contributed by atoms with E-state index in [0.29, 0.717) is 16.8 Å². The lowest BCUT2D eigenvalue weighted by molar-refractivity contribution is -0.384. The van der Waals surface area contributed by atoms with Gasteiger partial charge < -0.3 is 5.32 Å². The Kier molecular flexibility index (Phi) is 6.15. The van der Waals surface area contributed by atoms with Gasteiger partial charge in [-0.15, -0.1) is 6.58 Å². The van der Waals surface area contributed by atoms with E-state index in [1.807, 2.05) is 36.4 Å². The molecule has 1 heterocycles. The summed E-state index contributed by atoms with van der Waals surface area (Å²) in [6, 6.07) is 17.2. The molecule has 0 aliphatic rings. The number of aromatic nitrogens is 2. The van der Waals surface area contributed by atoms with Gasteiger partial charge in [0.15, 0.2) is 0 Å². The minimum atomic E-state index is -0.546. The first-order chi connectivity index (χ1) is 14.5. The van der Waals surface area contributed by atoms with Crippen LogP contribution >= 0.6 is 0 Å². The van der Waals surface area contributed by atoms with Crippen molar-refractivity contribution in [3.05, 3.63) is 94.7 Å². The number of para-hydroxylation sites is 1. The molecule has 8 nitrogen and oxygen atoms in total. The number of non-ortho nitro benzene ring substituents is 1. The highest BCUT2D eigenvalue weighted by Gasteiger charge is 2.16. The number of carbonyl (C=O) groups excluding carboxylic acids is 1. The minimum Gasteiger partial charge on any atom is -0.348 e. The average Bonchev–Trinajstić information content (AvgIpc) is 3.20. The van der Waals surface area contributed by atoms with Gasteiger partial charge in [-0.1, -0.05) is 36.4 Å². The number of nitro benzene ring substituents is 1. The Morgan fingerprint density at radius 3 is 2.70 bits per heavy atom. The second-order valence-corrected chi connectivity index (χ2v) is 6.19. The van der Waals surface area contributed by atoms with Gasteiger partial charge in [-0.2, -0.15) is 10.4 Å². The molecule has 0 aliphatic heterocycles. The van der Waals surface area contributed by atoms with Gasteiger partial charge in [-0.05, 0) is 18.2 Å². The number of carbonyl (C=O) groups is 1. The van der Waals surface area contributed by atoms with E-state index in [9.17, 15) is 20.2 Å². The van der Waals surface area contributed by atoms with Crippen LogP contribution in [0.3, 0.4) is 0 Å². The van der Waals surface area contributed by atoms with Crippen LogP contribution in [0.2, 0.25) is 0 Å². The number of hydrogen-bond donors (Lipinski definition) is 1. The van der Waals surface area contributed by atoms with E-state index in [-0.39, 0.29) is 17.8 Å². The summed E-state index contributed by atoms with van der Waals surface area (Å²) in [5.74, 6) is -0.546. The van der Waals surface area contributed by atoms with E-state index in [4.69, 9.17) is 0 Å². The highest BCUT2D eigenvalue weighted by atomic mass is 16.6. The Morgan fingerprint density at radius 2 is 2.03 bits per heavy atom. The molecule has 148 valence electrons. The standard InChI is InChI=1S/C22H17N5O3/c1-2-11-24-22(28)17(14-23)12-18-15-26(19-8-4-3-5-9-19)25-21(18)16-7-6-10-20(13-16)27(29)30/h2-10,12-13,15H,1,11H2,(H,24,28)/b17-12-. The summed E-state index contributed by atoms with van der Waals surface area (Å²) in [6.45, 7) is 3.75. The second kappa shape index (κ2) is 9.12. The second-order valence-electron chi connectivity index (χ2n) is 6.19. The van der Waals surface area contributed by atoms with Crippen molar-refractivity contribution in [3.63, 3.8) is 0 Å². The van der Waals surface area contributed by atoms with Crippen LogP contribution in [-0.4, -0.2) is 27.2 Å². The maximum atomic E-state index is 12.2. The summed E-state index contributed by atoms with van der Waals surface area (Å²) in [7, 11) is 0. The molecule has 8 heteroatoms. The fourth-order valence-electron chi connectivity index (χ4n) is 2.76. The van der Waals surface area contributed by atoms with E-state index in [2.05, 4.69) is 17.0 Å². The van der Waals surface area contributed by atoms with Crippen molar-refractivity contribution in [2.24, 2.45) is 0 Å². The molecule has 30 heavy (non-hydrogen) atoms. The number of nitriles is 1. The first-order valence-electron chi connectivity index (χ1n) is 8.94. The molecule has 0 aliphatic carbocycles. The molecule has 0 fully saturated rings. The Labute approximate surface area is 172 Å². The van der Waals surface area contributed by atoms with Gasteiger partial charge in [0.1, 0.15) is 17.3 Å². The topological polar surface area (TPSA) is 114 Å². The number of rotatable bonds is 7. The van der Waals surface area contributed by atoms with Crippen LogP contribution in [0.5, 0.6) is 0 Å². The van der Waals surface area contributed by atoms with Crippen molar-refractivity contribution in [1.82, 2.24) is 15.1 Å². The van der Waals surface area contributed by atoms with Crippen LogP contribution in [0.15, 0.2) is 79.0 Å². The highest BCUT2D eigenvalue weighted by molar-refractivity contribution is 6.02. The van der Waals surface area contributed by atoms with Gasteiger partial charge in [-0.25, -0.2) is 4.68 Å². The first kappa shape index (κ1) is 20.2. The summed E-state index contributed by atoms with van der Waals surface area (Å²) in [5, 5.41) is 27.7. The van der Waals surface area contributed by atoms with Crippen LogP contribution in [0.25, 0.3) is 23.0 Å². The lowest BCUT2D eigenvalue weighted by atomic mass is 10.1. The number of amides is 1. The van der Waals surface area contributed by atoms with Crippen LogP contribution in [0.4, 0.5) is 5.69 Å². The molecule has 0 unspecified atom stereocenters. The van der Waals surface area contributed by atoms with E-state index in [1.54, 1.807) is 23.0 Å². The third kappa shape index (κ3) is 4.48. The SMILES string of the molecule is C=CCNC(=O)/C(C#N)=C\c1cn(-c2ccccc2)nc1-c1cccc([N+](=O)[O-])c1. The quantitative estimate of drug-likeness (QED) is 0.214.